The number of carbonyl (C=O) groups is 2. The topological polar surface area (TPSA) is 137 Å². The predicted molar refractivity (Wildman–Crippen MR) is 261 cm³/mol. The summed E-state index contributed by atoms with van der Waals surface area (Å²) in [5.41, 5.74) is -0.137. The van der Waals surface area contributed by atoms with Gasteiger partial charge in [-0.1, -0.05) is 169 Å². The Morgan fingerprint density at radius 2 is 1.02 bits per heavy atom. The third-order valence-corrected chi connectivity index (χ3v) is 12.5. The second kappa shape index (κ2) is 41.1. The summed E-state index contributed by atoms with van der Waals surface area (Å²) in [5.74, 6) is 0.377. The minimum absolute atomic E-state index is 0.00468. The van der Waals surface area contributed by atoms with Gasteiger partial charge in [-0.25, -0.2) is 4.79 Å². The third kappa shape index (κ3) is 33.9. The lowest BCUT2D eigenvalue weighted by Gasteiger charge is -2.22. The largest absolute Gasteiger partial charge is 0.493 e. The van der Waals surface area contributed by atoms with Gasteiger partial charge in [-0.2, -0.15) is 0 Å². The minimum atomic E-state index is -0.445. The average molecular weight is 875 g/mol. The Kier molecular flexibility index (Phi) is 38.1. The number of ether oxygens (including phenoxy) is 2. The zero-order chi connectivity index (χ0) is 45.3. The van der Waals surface area contributed by atoms with Gasteiger partial charge in [0.1, 0.15) is 17.9 Å². The number of hydrogen-bond acceptors (Lipinski definition) is 8. The molecule has 1 aromatic rings. The van der Waals surface area contributed by atoms with Crippen LogP contribution in [0.25, 0.3) is 0 Å². The quantitative estimate of drug-likeness (QED) is 0.0337. The van der Waals surface area contributed by atoms with Crippen LogP contribution in [0.4, 0.5) is 0 Å². The molecular formula is C52H98N4O6. The molecule has 0 amide bonds. The molecule has 0 aromatic carbocycles. The number of aromatic nitrogens is 2. The zero-order valence-electron chi connectivity index (χ0n) is 41.1. The molecule has 10 heteroatoms. The first-order chi connectivity index (χ1) is 30.2. The number of unbranched alkanes of at least 4 members (excludes halogenated alkanes) is 21. The van der Waals surface area contributed by atoms with Crippen LogP contribution in [0.3, 0.4) is 0 Å². The fourth-order valence-corrected chi connectivity index (χ4v) is 8.48. The van der Waals surface area contributed by atoms with Crippen LogP contribution in [-0.4, -0.2) is 76.5 Å². The van der Waals surface area contributed by atoms with Crippen molar-refractivity contribution in [1.29, 1.82) is 0 Å². The molecule has 1 rings (SSSR count). The van der Waals surface area contributed by atoms with Gasteiger partial charge in [-0.05, 0) is 96.2 Å². The van der Waals surface area contributed by atoms with Crippen LogP contribution in [0.15, 0.2) is 9.79 Å². The van der Waals surface area contributed by atoms with Crippen LogP contribution in [0, 0.1) is 5.92 Å². The van der Waals surface area contributed by atoms with Crippen molar-refractivity contribution in [2.24, 2.45) is 10.9 Å². The highest BCUT2D eigenvalue weighted by molar-refractivity contribution is 5.79. The maximum absolute atomic E-state index is 13.0. The molecule has 3 atom stereocenters. The normalized spacial score (nSPS) is 13.3. The molecule has 0 bridgehead atoms. The summed E-state index contributed by atoms with van der Waals surface area (Å²) >= 11 is 0. The number of aliphatic imine (C=N–C) groups is 1. The van der Waals surface area contributed by atoms with Crippen molar-refractivity contribution < 1.29 is 24.2 Å². The molecule has 0 aliphatic rings. The van der Waals surface area contributed by atoms with Gasteiger partial charge in [0.05, 0.1) is 6.21 Å². The van der Waals surface area contributed by atoms with Crippen molar-refractivity contribution >= 4 is 18.2 Å². The van der Waals surface area contributed by atoms with E-state index in [1.54, 1.807) is 0 Å². The second-order valence-electron chi connectivity index (χ2n) is 18.5. The van der Waals surface area contributed by atoms with E-state index < -0.39 is 5.69 Å². The van der Waals surface area contributed by atoms with Crippen LogP contribution < -0.4 is 5.69 Å². The van der Waals surface area contributed by atoms with Crippen molar-refractivity contribution in [1.82, 2.24) is 14.9 Å². The van der Waals surface area contributed by atoms with Crippen molar-refractivity contribution in [3.8, 4) is 5.88 Å². The molecule has 1 aromatic heterocycles. The van der Waals surface area contributed by atoms with Gasteiger partial charge in [0.15, 0.2) is 0 Å². The number of nitrogens with one attached hydrogen (secondary N) is 2. The maximum atomic E-state index is 13.0. The average Bonchev–Trinajstić information content (AvgIpc) is 3.58. The molecule has 10 nitrogen and oxygen atoms in total. The molecule has 0 radical (unpaired) electrons. The SMILES string of the molecule is CCCCCCCCC(CC)OC(=O)CCCCCCCN(CCCCCCCC(=O)OC(CCCCCCCC)C[C@H](C)CCCCCC)CCCN=Cc1[nH]c(=O)[nH]c1O. The Morgan fingerprint density at radius 1 is 0.581 bits per heavy atom. The third-order valence-electron chi connectivity index (χ3n) is 12.5. The van der Waals surface area contributed by atoms with Crippen LogP contribution in [-0.2, 0) is 19.1 Å². The van der Waals surface area contributed by atoms with E-state index in [1.807, 2.05) is 0 Å². The number of carbonyl (C=O) groups excluding carboxylic acids is 2. The lowest BCUT2D eigenvalue weighted by molar-refractivity contribution is -0.151. The van der Waals surface area contributed by atoms with Gasteiger partial charge >= 0.3 is 17.6 Å². The number of aromatic amines is 2. The number of esters is 2. The summed E-state index contributed by atoms with van der Waals surface area (Å²) in [6.45, 7) is 14.9. The molecule has 0 saturated heterocycles. The van der Waals surface area contributed by atoms with Gasteiger partial charge in [-0.3, -0.25) is 19.6 Å². The zero-order valence-corrected chi connectivity index (χ0v) is 41.1. The van der Waals surface area contributed by atoms with Gasteiger partial charge in [0.2, 0.25) is 5.88 Å². The lowest BCUT2D eigenvalue weighted by Crippen LogP contribution is -2.27. The number of H-pyrrole nitrogens is 2. The number of rotatable bonds is 45. The van der Waals surface area contributed by atoms with Crippen LogP contribution >= 0.6 is 0 Å². The smallest absolute Gasteiger partial charge is 0.326 e. The van der Waals surface area contributed by atoms with E-state index in [1.165, 1.54) is 103 Å². The van der Waals surface area contributed by atoms with Crippen LogP contribution in [0.5, 0.6) is 5.88 Å². The van der Waals surface area contributed by atoms with Gasteiger partial charge in [0.25, 0.3) is 0 Å². The Labute approximate surface area is 380 Å². The first kappa shape index (κ1) is 57.4. The first-order valence-electron chi connectivity index (χ1n) is 26.3. The van der Waals surface area contributed by atoms with Crippen molar-refractivity contribution in [2.75, 3.05) is 26.2 Å². The molecule has 2 unspecified atom stereocenters. The summed E-state index contributed by atoms with van der Waals surface area (Å²) in [6.07, 6.45) is 39.7. The van der Waals surface area contributed by atoms with Crippen LogP contribution in [0.1, 0.15) is 259 Å². The van der Waals surface area contributed by atoms with E-state index >= 15 is 0 Å². The molecule has 0 spiro atoms. The maximum Gasteiger partial charge on any atom is 0.326 e. The Balaban J connectivity index is 2.44. The lowest BCUT2D eigenvalue weighted by atomic mass is 9.94. The molecule has 3 N–H and O–H groups in total. The summed E-state index contributed by atoms with van der Waals surface area (Å²) in [4.78, 5) is 48.7. The minimum Gasteiger partial charge on any atom is -0.493 e. The van der Waals surface area contributed by atoms with Crippen molar-refractivity contribution in [3.63, 3.8) is 0 Å². The van der Waals surface area contributed by atoms with E-state index in [2.05, 4.69) is 54.5 Å². The number of imidazole rings is 1. The fourth-order valence-electron chi connectivity index (χ4n) is 8.48. The monoisotopic (exact) mass is 875 g/mol. The van der Waals surface area contributed by atoms with E-state index in [9.17, 15) is 19.5 Å². The van der Waals surface area contributed by atoms with E-state index in [0.717, 1.165) is 129 Å². The summed E-state index contributed by atoms with van der Waals surface area (Å²) in [5, 5.41) is 9.80. The predicted octanol–water partition coefficient (Wildman–Crippen LogP) is 13.9. The molecular weight excluding hydrogens is 777 g/mol. The first-order valence-corrected chi connectivity index (χ1v) is 26.3. The van der Waals surface area contributed by atoms with Gasteiger partial charge < -0.3 is 24.5 Å². The van der Waals surface area contributed by atoms with E-state index in [-0.39, 0.29) is 30.0 Å². The fraction of sp³-hybridized carbons (Fsp3) is 0.885. The van der Waals surface area contributed by atoms with Crippen molar-refractivity contribution in [2.45, 2.75) is 265 Å². The Hall–Kier alpha value is -2.62. The number of nitrogens with zero attached hydrogens (tertiary/aromatic N) is 2. The number of aromatic hydroxyl groups is 1. The van der Waals surface area contributed by atoms with Crippen molar-refractivity contribution in [3.05, 3.63) is 16.2 Å². The standard InChI is InChI=1S/C52H98N4O6/c1-6-10-13-16-20-27-35-46(9-4)61-49(57)37-29-22-18-24-31-40-56(42-33-39-53-44-48-51(59)55-52(60)54-48)41-32-25-19-23-30-38-50(58)62-47(36-28-21-17-14-11-7-2)43-45(5)34-26-15-12-8-3/h44-47,59H,6-43H2,1-5H3,(H2,54,55,60)/t45-,46?,47?/m1/s1. The molecule has 1 heterocycles. The molecule has 0 fully saturated rings. The number of hydrogen-bond donors (Lipinski definition) is 3. The van der Waals surface area contributed by atoms with E-state index in [4.69, 9.17) is 9.47 Å². The summed E-state index contributed by atoms with van der Waals surface area (Å²) in [6, 6.07) is 0. The van der Waals surface area contributed by atoms with E-state index in [0.29, 0.717) is 31.0 Å². The molecule has 0 saturated carbocycles. The molecule has 62 heavy (non-hydrogen) atoms. The van der Waals surface area contributed by atoms with Crippen LogP contribution in [0.2, 0.25) is 0 Å². The Bertz CT molecular complexity index is 1260. The molecule has 362 valence electrons. The highest BCUT2D eigenvalue weighted by atomic mass is 16.5. The molecule has 0 aliphatic carbocycles. The van der Waals surface area contributed by atoms with Gasteiger partial charge in [0, 0.05) is 19.4 Å². The highest BCUT2D eigenvalue weighted by Gasteiger charge is 2.18. The molecule has 0 aliphatic heterocycles. The second-order valence-corrected chi connectivity index (χ2v) is 18.5. The Morgan fingerprint density at radius 3 is 1.53 bits per heavy atom. The highest BCUT2D eigenvalue weighted by Crippen LogP contribution is 2.22. The van der Waals surface area contributed by atoms with Gasteiger partial charge in [-0.15, -0.1) is 0 Å². The summed E-state index contributed by atoms with van der Waals surface area (Å²) in [7, 11) is 0. The summed E-state index contributed by atoms with van der Waals surface area (Å²) < 4.78 is 11.9.